The summed E-state index contributed by atoms with van der Waals surface area (Å²) in [5.41, 5.74) is 0. The predicted molar refractivity (Wildman–Crippen MR) is 67.8 cm³/mol. The minimum absolute atomic E-state index is 0.333. The third-order valence-electron chi connectivity index (χ3n) is 2.09. The van der Waals surface area contributed by atoms with Crippen molar-refractivity contribution in [1.82, 2.24) is 0 Å². The van der Waals surface area contributed by atoms with E-state index in [-0.39, 0.29) is 5.97 Å². The maximum Gasteiger partial charge on any atom is 0.347 e. The van der Waals surface area contributed by atoms with Gasteiger partial charge in [-0.3, -0.25) is 0 Å². The summed E-state index contributed by atoms with van der Waals surface area (Å²) >= 11 is 11.6. The van der Waals surface area contributed by atoms with Gasteiger partial charge in [-0.15, -0.1) is 0 Å². The lowest BCUT2D eigenvalue weighted by molar-refractivity contribution is -0.151. The Bertz CT molecular complexity index is 393. The number of halogens is 2. The molecule has 0 radical (unpaired) electrons. The molecule has 17 heavy (non-hydrogen) atoms. The molecule has 1 atom stereocenters. The zero-order valence-corrected chi connectivity index (χ0v) is 11.2. The van der Waals surface area contributed by atoms with E-state index >= 15 is 0 Å². The van der Waals surface area contributed by atoms with Crippen molar-refractivity contribution in [1.29, 1.82) is 0 Å². The Hall–Kier alpha value is -0.930. The Labute approximate surface area is 111 Å². The van der Waals surface area contributed by atoms with Gasteiger partial charge in [0.1, 0.15) is 5.75 Å². The van der Waals surface area contributed by atoms with Gasteiger partial charge in [0.25, 0.3) is 0 Å². The number of hydrogen-bond donors (Lipinski definition) is 0. The van der Waals surface area contributed by atoms with E-state index in [0.29, 0.717) is 28.8 Å². The lowest BCUT2D eigenvalue weighted by Crippen LogP contribution is -2.28. The molecule has 0 fully saturated rings. The molecule has 0 aromatic heterocycles. The van der Waals surface area contributed by atoms with Crippen LogP contribution in [0.25, 0.3) is 0 Å². The first-order chi connectivity index (χ1) is 8.08. The highest BCUT2D eigenvalue weighted by atomic mass is 35.5. The van der Waals surface area contributed by atoms with Gasteiger partial charge in [0, 0.05) is 6.07 Å². The van der Waals surface area contributed by atoms with E-state index < -0.39 is 6.10 Å². The Morgan fingerprint density at radius 3 is 2.53 bits per heavy atom. The quantitative estimate of drug-likeness (QED) is 0.769. The van der Waals surface area contributed by atoms with Gasteiger partial charge in [-0.05, 0) is 25.5 Å². The zero-order valence-electron chi connectivity index (χ0n) is 9.70. The van der Waals surface area contributed by atoms with Crippen LogP contribution >= 0.6 is 23.2 Å². The first-order valence-corrected chi connectivity index (χ1v) is 6.12. The van der Waals surface area contributed by atoms with E-state index in [2.05, 4.69) is 0 Å². The van der Waals surface area contributed by atoms with Crippen LogP contribution in [0, 0.1) is 0 Å². The van der Waals surface area contributed by atoms with E-state index in [1.807, 2.05) is 6.92 Å². The average Bonchev–Trinajstić information content (AvgIpc) is 2.30. The number of ether oxygens (including phenoxy) is 2. The van der Waals surface area contributed by atoms with Crippen molar-refractivity contribution in [3.8, 4) is 5.75 Å². The minimum Gasteiger partial charge on any atom is -0.479 e. The molecule has 1 aromatic rings. The number of esters is 1. The lowest BCUT2D eigenvalue weighted by atomic mass is 10.2. The third-order valence-corrected chi connectivity index (χ3v) is 2.83. The fraction of sp³-hybridized carbons (Fsp3) is 0.417. The van der Waals surface area contributed by atoms with Crippen molar-refractivity contribution in [3.05, 3.63) is 28.2 Å². The van der Waals surface area contributed by atoms with Crippen LogP contribution in [0.1, 0.15) is 20.3 Å². The van der Waals surface area contributed by atoms with Crippen LogP contribution < -0.4 is 4.74 Å². The molecule has 0 N–H and O–H groups in total. The molecular formula is C12H14Cl2O3. The van der Waals surface area contributed by atoms with Gasteiger partial charge in [0.15, 0.2) is 6.10 Å². The minimum atomic E-state index is -0.618. The molecule has 0 unspecified atom stereocenters. The monoisotopic (exact) mass is 276 g/mol. The van der Waals surface area contributed by atoms with E-state index in [1.54, 1.807) is 25.1 Å². The number of benzene rings is 1. The molecule has 1 rings (SSSR count). The van der Waals surface area contributed by atoms with Gasteiger partial charge in [-0.25, -0.2) is 4.79 Å². The number of rotatable bonds is 5. The number of hydrogen-bond acceptors (Lipinski definition) is 3. The van der Waals surface area contributed by atoms with Crippen LogP contribution in [0.15, 0.2) is 18.2 Å². The molecule has 0 aliphatic heterocycles. The summed E-state index contributed by atoms with van der Waals surface area (Å²) in [5, 5.41) is 0.839. The highest BCUT2D eigenvalue weighted by Gasteiger charge is 2.19. The highest BCUT2D eigenvalue weighted by Crippen LogP contribution is 2.27. The standard InChI is InChI=1S/C12H14Cl2O3/c1-3-11(12(15)16-4-2)17-8-5-6-9(13)10(14)7-8/h5-7,11H,3-4H2,1-2H3/t11-/m0/s1. The van der Waals surface area contributed by atoms with Crippen LogP contribution in [0.3, 0.4) is 0 Å². The van der Waals surface area contributed by atoms with Crippen molar-refractivity contribution >= 4 is 29.2 Å². The second kappa shape index (κ2) is 6.72. The Balaban J connectivity index is 2.73. The molecule has 3 nitrogen and oxygen atoms in total. The van der Waals surface area contributed by atoms with Crippen LogP contribution in [-0.4, -0.2) is 18.7 Å². The number of carbonyl (C=O) groups is 1. The molecule has 0 aliphatic rings. The van der Waals surface area contributed by atoms with Gasteiger partial charge in [0.05, 0.1) is 16.7 Å². The van der Waals surface area contributed by atoms with Gasteiger partial charge < -0.3 is 9.47 Å². The summed E-state index contributed by atoms with van der Waals surface area (Å²) in [6.45, 7) is 3.93. The Morgan fingerprint density at radius 2 is 2.00 bits per heavy atom. The largest absolute Gasteiger partial charge is 0.479 e. The SMILES string of the molecule is CCOC(=O)[C@H](CC)Oc1ccc(Cl)c(Cl)c1. The lowest BCUT2D eigenvalue weighted by Gasteiger charge is -2.16. The Kier molecular flexibility index (Phi) is 5.59. The third kappa shape index (κ3) is 4.10. The summed E-state index contributed by atoms with van der Waals surface area (Å²) in [6.07, 6.45) is -0.0915. The van der Waals surface area contributed by atoms with Crippen LogP contribution in [0.4, 0.5) is 0 Å². The smallest absolute Gasteiger partial charge is 0.347 e. The van der Waals surface area contributed by atoms with Crippen LogP contribution in [0.2, 0.25) is 10.0 Å². The molecule has 0 saturated carbocycles. The normalized spacial score (nSPS) is 12.0. The maximum absolute atomic E-state index is 11.5. The summed E-state index contributed by atoms with van der Waals surface area (Å²) in [5.74, 6) is 0.125. The van der Waals surface area contributed by atoms with Crippen molar-refractivity contribution in [2.75, 3.05) is 6.61 Å². The number of carbonyl (C=O) groups excluding carboxylic acids is 1. The summed E-state index contributed by atoms with van der Waals surface area (Å²) < 4.78 is 10.4. The van der Waals surface area contributed by atoms with Crippen molar-refractivity contribution < 1.29 is 14.3 Å². The maximum atomic E-state index is 11.5. The molecule has 0 aliphatic carbocycles. The second-order valence-electron chi connectivity index (χ2n) is 3.34. The molecule has 0 spiro atoms. The fourth-order valence-corrected chi connectivity index (χ4v) is 1.54. The molecule has 5 heteroatoms. The van der Waals surface area contributed by atoms with E-state index in [4.69, 9.17) is 32.7 Å². The summed E-state index contributed by atoms with van der Waals surface area (Å²) in [7, 11) is 0. The van der Waals surface area contributed by atoms with Crippen molar-refractivity contribution in [2.45, 2.75) is 26.4 Å². The van der Waals surface area contributed by atoms with Gasteiger partial charge >= 0.3 is 5.97 Å². The zero-order chi connectivity index (χ0) is 12.8. The molecule has 0 amide bonds. The van der Waals surface area contributed by atoms with Crippen LogP contribution in [-0.2, 0) is 9.53 Å². The predicted octanol–water partition coefficient (Wildman–Crippen LogP) is 3.71. The average molecular weight is 277 g/mol. The van der Waals surface area contributed by atoms with Gasteiger partial charge in [0.2, 0.25) is 0 Å². The molecule has 0 heterocycles. The van der Waals surface area contributed by atoms with E-state index in [0.717, 1.165) is 0 Å². The molecule has 94 valence electrons. The fourth-order valence-electron chi connectivity index (χ4n) is 1.25. The molecule has 0 bridgehead atoms. The molecular weight excluding hydrogens is 263 g/mol. The van der Waals surface area contributed by atoms with E-state index in [9.17, 15) is 4.79 Å². The second-order valence-corrected chi connectivity index (χ2v) is 4.16. The first kappa shape index (κ1) is 14.1. The van der Waals surface area contributed by atoms with Crippen LogP contribution in [0.5, 0.6) is 5.75 Å². The summed E-state index contributed by atoms with van der Waals surface area (Å²) in [6, 6.07) is 4.86. The first-order valence-electron chi connectivity index (χ1n) is 5.36. The molecule has 0 saturated heterocycles. The van der Waals surface area contributed by atoms with Crippen molar-refractivity contribution in [2.24, 2.45) is 0 Å². The highest BCUT2D eigenvalue weighted by molar-refractivity contribution is 6.42. The van der Waals surface area contributed by atoms with Gasteiger partial charge in [-0.1, -0.05) is 30.1 Å². The molecule has 1 aromatic carbocycles. The van der Waals surface area contributed by atoms with E-state index in [1.165, 1.54) is 0 Å². The summed E-state index contributed by atoms with van der Waals surface area (Å²) in [4.78, 5) is 11.5. The Morgan fingerprint density at radius 1 is 1.29 bits per heavy atom. The van der Waals surface area contributed by atoms with Crippen molar-refractivity contribution in [3.63, 3.8) is 0 Å². The van der Waals surface area contributed by atoms with Gasteiger partial charge in [-0.2, -0.15) is 0 Å². The topological polar surface area (TPSA) is 35.5 Å².